The Kier molecular flexibility index (Phi) is 6.31. The van der Waals surface area contributed by atoms with Crippen LogP contribution < -0.4 is 0 Å². The van der Waals surface area contributed by atoms with Crippen molar-refractivity contribution in [3.63, 3.8) is 0 Å². The number of carbonyl (C=O) groups is 1. The van der Waals surface area contributed by atoms with Gasteiger partial charge < -0.3 is 15.3 Å². The van der Waals surface area contributed by atoms with Gasteiger partial charge in [0.2, 0.25) is 0 Å². The van der Waals surface area contributed by atoms with Crippen LogP contribution in [0.25, 0.3) is 6.08 Å². The summed E-state index contributed by atoms with van der Waals surface area (Å²) in [6, 6.07) is 4.94. The van der Waals surface area contributed by atoms with Crippen molar-refractivity contribution in [3.8, 4) is 0 Å². The maximum absolute atomic E-state index is 10.4. The first-order valence-corrected chi connectivity index (χ1v) is 6.35. The molecule has 3 N–H and O–H groups in total. The number of carboxylic acids is 1. The standard InChI is InChI=1S/C13H14Cl2O4/c14-9-3-1-8(12(15)5-9)2-4-10(16)6-11(17)7-13(18)19/h1-5,10-11,16-17H,6-7H2,(H,18,19)/b4-2+/t10-,11-/m1/s1. The zero-order valence-corrected chi connectivity index (χ0v) is 11.5. The second-order valence-corrected chi connectivity index (χ2v) is 4.92. The molecule has 1 rings (SSSR count). The van der Waals surface area contributed by atoms with E-state index in [1.165, 1.54) is 6.08 Å². The third kappa shape index (κ3) is 6.07. The van der Waals surface area contributed by atoms with Gasteiger partial charge in [0.1, 0.15) is 0 Å². The molecule has 0 radical (unpaired) electrons. The first kappa shape index (κ1) is 16.0. The Hall–Kier alpha value is -1.07. The number of aliphatic carboxylic acids is 1. The van der Waals surface area contributed by atoms with Crippen molar-refractivity contribution in [3.05, 3.63) is 39.9 Å². The van der Waals surface area contributed by atoms with Crippen molar-refractivity contribution in [2.45, 2.75) is 25.0 Å². The zero-order chi connectivity index (χ0) is 14.4. The van der Waals surface area contributed by atoms with Crippen LogP contribution in [0.1, 0.15) is 18.4 Å². The van der Waals surface area contributed by atoms with Crippen LogP contribution in [-0.2, 0) is 4.79 Å². The smallest absolute Gasteiger partial charge is 0.305 e. The van der Waals surface area contributed by atoms with Gasteiger partial charge in [-0.1, -0.05) is 41.4 Å². The molecular weight excluding hydrogens is 291 g/mol. The minimum atomic E-state index is -1.11. The summed E-state index contributed by atoms with van der Waals surface area (Å²) in [7, 11) is 0. The molecule has 2 atom stereocenters. The van der Waals surface area contributed by atoms with Crippen molar-refractivity contribution in [1.29, 1.82) is 0 Å². The molecule has 0 aliphatic carbocycles. The molecule has 1 aromatic carbocycles. The van der Waals surface area contributed by atoms with Crippen molar-refractivity contribution in [2.24, 2.45) is 0 Å². The topological polar surface area (TPSA) is 77.8 Å². The average molecular weight is 305 g/mol. The predicted molar refractivity (Wildman–Crippen MR) is 74.4 cm³/mol. The molecule has 0 bridgehead atoms. The highest BCUT2D eigenvalue weighted by atomic mass is 35.5. The molecular formula is C13H14Cl2O4. The van der Waals surface area contributed by atoms with E-state index in [2.05, 4.69) is 0 Å². The number of hydrogen-bond donors (Lipinski definition) is 3. The fourth-order valence-corrected chi connectivity index (χ4v) is 1.97. The quantitative estimate of drug-likeness (QED) is 0.755. The molecule has 0 aliphatic rings. The molecule has 104 valence electrons. The summed E-state index contributed by atoms with van der Waals surface area (Å²) in [5, 5.41) is 28.4. The lowest BCUT2D eigenvalue weighted by Crippen LogP contribution is -2.19. The van der Waals surface area contributed by atoms with Gasteiger partial charge >= 0.3 is 5.97 Å². The Morgan fingerprint density at radius 2 is 2.00 bits per heavy atom. The van der Waals surface area contributed by atoms with E-state index < -0.39 is 24.6 Å². The Bertz CT molecular complexity index is 474. The second kappa shape index (κ2) is 7.50. The predicted octanol–water partition coefficient (Wildman–Crippen LogP) is 2.59. The summed E-state index contributed by atoms with van der Waals surface area (Å²) in [6.45, 7) is 0. The number of hydrogen-bond acceptors (Lipinski definition) is 3. The van der Waals surface area contributed by atoms with Crippen LogP contribution in [0.4, 0.5) is 0 Å². The fourth-order valence-electron chi connectivity index (χ4n) is 1.49. The highest BCUT2D eigenvalue weighted by Crippen LogP contribution is 2.22. The molecule has 19 heavy (non-hydrogen) atoms. The molecule has 0 amide bonds. The van der Waals surface area contributed by atoms with E-state index in [9.17, 15) is 15.0 Å². The molecule has 0 saturated heterocycles. The summed E-state index contributed by atoms with van der Waals surface area (Å²) in [5.41, 5.74) is 0.679. The molecule has 0 spiro atoms. The molecule has 4 nitrogen and oxygen atoms in total. The SMILES string of the molecule is O=C(O)C[C@H](O)C[C@H](O)/C=C/c1ccc(Cl)cc1Cl. The lowest BCUT2D eigenvalue weighted by atomic mass is 10.1. The molecule has 1 aromatic rings. The average Bonchev–Trinajstić information content (AvgIpc) is 2.26. The summed E-state index contributed by atoms with van der Waals surface area (Å²) >= 11 is 11.7. The number of aliphatic hydroxyl groups is 2. The highest BCUT2D eigenvalue weighted by molar-refractivity contribution is 6.35. The van der Waals surface area contributed by atoms with Gasteiger partial charge in [-0.2, -0.15) is 0 Å². The van der Waals surface area contributed by atoms with E-state index in [1.807, 2.05) is 0 Å². The minimum absolute atomic E-state index is 0.0476. The largest absolute Gasteiger partial charge is 0.481 e. The van der Waals surface area contributed by atoms with Crippen molar-refractivity contribution in [1.82, 2.24) is 0 Å². The van der Waals surface area contributed by atoms with Crippen molar-refractivity contribution >= 4 is 35.2 Å². The van der Waals surface area contributed by atoms with Crippen LogP contribution in [0, 0.1) is 0 Å². The van der Waals surface area contributed by atoms with Crippen LogP contribution in [0.15, 0.2) is 24.3 Å². The third-order valence-corrected chi connectivity index (χ3v) is 2.95. The van der Waals surface area contributed by atoms with E-state index in [1.54, 1.807) is 24.3 Å². The lowest BCUT2D eigenvalue weighted by Gasteiger charge is -2.10. The highest BCUT2D eigenvalue weighted by Gasteiger charge is 2.13. The number of carboxylic acid groups (broad SMARTS) is 1. The Morgan fingerprint density at radius 1 is 1.32 bits per heavy atom. The zero-order valence-electron chi connectivity index (χ0n) is 9.96. The maximum Gasteiger partial charge on any atom is 0.305 e. The first-order chi connectivity index (χ1) is 8.88. The van der Waals surface area contributed by atoms with E-state index in [0.717, 1.165) is 0 Å². The van der Waals surface area contributed by atoms with Gasteiger partial charge in [0.05, 0.1) is 18.6 Å². The molecule has 0 aromatic heterocycles. The van der Waals surface area contributed by atoms with Crippen molar-refractivity contribution < 1.29 is 20.1 Å². The molecule has 6 heteroatoms. The molecule has 0 heterocycles. The van der Waals surface area contributed by atoms with Crippen LogP contribution in [-0.4, -0.2) is 33.5 Å². The van der Waals surface area contributed by atoms with Gasteiger partial charge in [-0.25, -0.2) is 0 Å². The number of halogens is 2. The van der Waals surface area contributed by atoms with Crippen molar-refractivity contribution in [2.75, 3.05) is 0 Å². The van der Waals surface area contributed by atoms with Gasteiger partial charge in [0.25, 0.3) is 0 Å². The minimum Gasteiger partial charge on any atom is -0.481 e. The van der Waals surface area contributed by atoms with Gasteiger partial charge in [0.15, 0.2) is 0 Å². The monoisotopic (exact) mass is 304 g/mol. The van der Waals surface area contributed by atoms with Crippen LogP contribution >= 0.6 is 23.2 Å². The van der Waals surface area contributed by atoms with Gasteiger partial charge in [-0.15, -0.1) is 0 Å². The summed E-state index contributed by atoms with van der Waals surface area (Å²) in [5.74, 6) is -1.11. The first-order valence-electron chi connectivity index (χ1n) is 5.59. The molecule has 0 saturated carbocycles. The lowest BCUT2D eigenvalue weighted by molar-refractivity contribution is -0.139. The van der Waals surface area contributed by atoms with Crippen LogP contribution in [0.3, 0.4) is 0 Å². The fraction of sp³-hybridized carbons (Fsp3) is 0.308. The summed E-state index contributed by atoms with van der Waals surface area (Å²) < 4.78 is 0. The van der Waals surface area contributed by atoms with E-state index in [-0.39, 0.29) is 6.42 Å². The summed E-state index contributed by atoms with van der Waals surface area (Å²) in [4.78, 5) is 10.4. The number of aliphatic hydroxyl groups excluding tert-OH is 2. The third-order valence-electron chi connectivity index (χ3n) is 2.38. The summed E-state index contributed by atoms with van der Waals surface area (Å²) in [6.07, 6.45) is 0.566. The number of rotatable bonds is 6. The van der Waals surface area contributed by atoms with E-state index in [0.29, 0.717) is 15.6 Å². The maximum atomic E-state index is 10.4. The van der Waals surface area contributed by atoms with Crippen LogP contribution in [0.2, 0.25) is 10.0 Å². The van der Waals surface area contributed by atoms with Gasteiger partial charge in [-0.3, -0.25) is 4.79 Å². The second-order valence-electron chi connectivity index (χ2n) is 4.08. The Labute approximate surface area is 120 Å². The van der Waals surface area contributed by atoms with Gasteiger partial charge in [-0.05, 0) is 17.7 Å². The normalized spacial score (nSPS) is 14.5. The van der Waals surface area contributed by atoms with Gasteiger partial charge in [0, 0.05) is 16.5 Å². The molecule has 0 fully saturated rings. The van der Waals surface area contributed by atoms with E-state index in [4.69, 9.17) is 28.3 Å². The number of benzene rings is 1. The van der Waals surface area contributed by atoms with E-state index >= 15 is 0 Å². The Morgan fingerprint density at radius 3 is 2.58 bits per heavy atom. The molecule has 0 unspecified atom stereocenters. The van der Waals surface area contributed by atoms with Crippen LogP contribution in [0.5, 0.6) is 0 Å². The Balaban J connectivity index is 2.58. The molecule has 0 aliphatic heterocycles.